The Hall–Kier alpha value is -3.46. The Labute approximate surface area is 158 Å². The van der Waals surface area contributed by atoms with E-state index in [9.17, 15) is 9.59 Å². The second-order valence-electron chi connectivity index (χ2n) is 5.66. The van der Waals surface area contributed by atoms with Crippen LogP contribution in [0, 0.1) is 11.8 Å². The molecule has 0 aliphatic carbocycles. The summed E-state index contributed by atoms with van der Waals surface area (Å²) in [5, 5.41) is 5.42. The van der Waals surface area contributed by atoms with Gasteiger partial charge in [0.25, 0.3) is 0 Å². The standard InChI is InChI=1S/C21H22N2O4/c1-15(24)18-9-6-16(7-10-18)5-4-12-22-21(25)23-14-17-8-11-19(26-2)20(13-17)27-3/h6-11,13H,12,14H2,1-3H3,(H2,22,23,25). The number of benzene rings is 2. The van der Waals surface area contributed by atoms with Crippen LogP contribution in [-0.2, 0) is 6.54 Å². The van der Waals surface area contributed by atoms with Gasteiger partial charge in [-0.05, 0) is 36.8 Å². The molecule has 2 aromatic rings. The maximum absolute atomic E-state index is 11.8. The summed E-state index contributed by atoms with van der Waals surface area (Å²) in [4.78, 5) is 23.1. The van der Waals surface area contributed by atoms with Crippen molar-refractivity contribution in [1.29, 1.82) is 0 Å². The predicted octanol–water partition coefficient (Wildman–Crippen LogP) is 2.76. The number of rotatable bonds is 6. The molecule has 0 radical (unpaired) electrons. The Kier molecular flexibility index (Phi) is 7.26. The molecule has 0 fully saturated rings. The van der Waals surface area contributed by atoms with Crippen molar-refractivity contribution in [2.45, 2.75) is 13.5 Å². The van der Waals surface area contributed by atoms with Crippen molar-refractivity contribution in [3.63, 3.8) is 0 Å². The lowest BCUT2D eigenvalue weighted by Crippen LogP contribution is -2.35. The van der Waals surface area contributed by atoms with Crippen LogP contribution in [-0.4, -0.2) is 32.6 Å². The molecule has 0 saturated heterocycles. The molecule has 0 aromatic heterocycles. The lowest BCUT2D eigenvalue weighted by Gasteiger charge is -2.10. The lowest BCUT2D eigenvalue weighted by molar-refractivity contribution is 0.101. The molecule has 2 N–H and O–H groups in total. The Morgan fingerprint density at radius 2 is 1.67 bits per heavy atom. The van der Waals surface area contributed by atoms with E-state index in [1.54, 1.807) is 44.6 Å². The van der Waals surface area contributed by atoms with E-state index in [0.717, 1.165) is 11.1 Å². The minimum absolute atomic E-state index is 0.0160. The van der Waals surface area contributed by atoms with Crippen molar-refractivity contribution in [2.75, 3.05) is 20.8 Å². The van der Waals surface area contributed by atoms with Crippen LogP contribution in [0.25, 0.3) is 0 Å². The van der Waals surface area contributed by atoms with Crippen LogP contribution >= 0.6 is 0 Å². The van der Waals surface area contributed by atoms with E-state index in [2.05, 4.69) is 22.5 Å². The molecule has 140 valence electrons. The summed E-state index contributed by atoms with van der Waals surface area (Å²) in [6.07, 6.45) is 0. The first-order chi connectivity index (χ1) is 13.0. The molecule has 0 spiro atoms. The summed E-state index contributed by atoms with van der Waals surface area (Å²) >= 11 is 0. The molecule has 6 nitrogen and oxygen atoms in total. The van der Waals surface area contributed by atoms with Gasteiger partial charge in [-0.1, -0.05) is 30.0 Å². The Morgan fingerprint density at radius 3 is 2.30 bits per heavy atom. The highest BCUT2D eigenvalue weighted by Gasteiger charge is 2.05. The van der Waals surface area contributed by atoms with Gasteiger partial charge in [-0.3, -0.25) is 4.79 Å². The van der Waals surface area contributed by atoms with Crippen LogP contribution in [0.5, 0.6) is 11.5 Å². The fraction of sp³-hybridized carbons (Fsp3) is 0.238. The SMILES string of the molecule is COc1ccc(CNC(=O)NCC#Cc2ccc(C(C)=O)cc2)cc1OC. The fourth-order valence-corrected chi connectivity index (χ4v) is 2.29. The molecule has 0 aliphatic heterocycles. The number of urea groups is 1. The average molecular weight is 366 g/mol. The van der Waals surface area contributed by atoms with Crippen molar-refractivity contribution in [3.8, 4) is 23.3 Å². The summed E-state index contributed by atoms with van der Waals surface area (Å²) < 4.78 is 10.4. The van der Waals surface area contributed by atoms with E-state index in [4.69, 9.17) is 9.47 Å². The smallest absolute Gasteiger partial charge is 0.315 e. The van der Waals surface area contributed by atoms with Crippen LogP contribution < -0.4 is 20.1 Å². The number of ketones is 1. The van der Waals surface area contributed by atoms with E-state index in [-0.39, 0.29) is 18.4 Å². The van der Waals surface area contributed by atoms with Gasteiger partial charge in [0, 0.05) is 17.7 Å². The third-order valence-corrected chi connectivity index (χ3v) is 3.76. The van der Waals surface area contributed by atoms with Gasteiger partial charge in [-0.2, -0.15) is 0 Å². The number of hydrogen-bond acceptors (Lipinski definition) is 4. The van der Waals surface area contributed by atoms with Gasteiger partial charge in [-0.25, -0.2) is 4.79 Å². The average Bonchev–Trinajstić information content (AvgIpc) is 2.69. The number of nitrogens with one attached hydrogen (secondary N) is 2. The van der Waals surface area contributed by atoms with Crippen LogP contribution in [0.4, 0.5) is 4.79 Å². The number of ether oxygens (including phenoxy) is 2. The van der Waals surface area contributed by atoms with E-state index < -0.39 is 0 Å². The zero-order valence-corrected chi connectivity index (χ0v) is 15.6. The van der Waals surface area contributed by atoms with Gasteiger partial charge in [0.15, 0.2) is 17.3 Å². The zero-order valence-electron chi connectivity index (χ0n) is 15.6. The summed E-state index contributed by atoms with van der Waals surface area (Å²) in [6.45, 7) is 2.09. The Morgan fingerprint density at radius 1 is 0.963 bits per heavy atom. The highest BCUT2D eigenvalue weighted by molar-refractivity contribution is 5.94. The first-order valence-electron chi connectivity index (χ1n) is 8.36. The van der Waals surface area contributed by atoms with E-state index in [1.165, 1.54) is 6.92 Å². The molecule has 0 heterocycles. The molecule has 0 aliphatic rings. The number of hydrogen-bond donors (Lipinski definition) is 2. The van der Waals surface area contributed by atoms with Gasteiger partial charge >= 0.3 is 6.03 Å². The molecule has 6 heteroatoms. The molecular weight excluding hydrogens is 344 g/mol. The van der Waals surface area contributed by atoms with Crippen molar-refractivity contribution < 1.29 is 19.1 Å². The van der Waals surface area contributed by atoms with E-state index in [1.807, 2.05) is 12.1 Å². The quantitative estimate of drug-likeness (QED) is 0.609. The van der Waals surface area contributed by atoms with Crippen molar-refractivity contribution >= 4 is 11.8 Å². The summed E-state index contributed by atoms with van der Waals surface area (Å²) in [5.74, 6) is 7.07. The lowest BCUT2D eigenvalue weighted by atomic mass is 10.1. The molecule has 2 aromatic carbocycles. The minimum atomic E-state index is -0.314. The molecule has 0 unspecified atom stereocenters. The van der Waals surface area contributed by atoms with E-state index in [0.29, 0.717) is 23.6 Å². The first kappa shape index (κ1) is 19.9. The highest BCUT2D eigenvalue weighted by atomic mass is 16.5. The number of Topliss-reactive ketones (excluding diaryl/α,β-unsaturated/α-hetero) is 1. The second kappa shape index (κ2) is 9.88. The number of carbonyl (C=O) groups excluding carboxylic acids is 2. The van der Waals surface area contributed by atoms with Gasteiger partial charge in [0.05, 0.1) is 20.8 Å². The summed E-state index contributed by atoms with van der Waals surface area (Å²) in [7, 11) is 3.13. The second-order valence-corrected chi connectivity index (χ2v) is 5.66. The zero-order chi connectivity index (χ0) is 19.6. The first-order valence-corrected chi connectivity index (χ1v) is 8.36. The van der Waals surface area contributed by atoms with Gasteiger partial charge in [0.2, 0.25) is 0 Å². The van der Waals surface area contributed by atoms with Gasteiger partial charge in [-0.15, -0.1) is 0 Å². The van der Waals surface area contributed by atoms with Crippen LogP contribution in [0.2, 0.25) is 0 Å². The number of amides is 2. The summed E-state index contributed by atoms with van der Waals surface area (Å²) in [6, 6.07) is 12.2. The Balaban J connectivity index is 1.79. The van der Waals surface area contributed by atoms with Crippen LogP contribution in [0.1, 0.15) is 28.4 Å². The van der Waals surface area contributed by atoms with Crippen LogP contribution in [0.3, 0.4) is 0 Å². The van der Waals surface area contributed by atoms with Crippen molar-refractivity contribution in [3.05, 3.63) is 59.2 Å². The topological polar surface area (TPSA) is 76.7 Å². The molecule has 0 saturated carbocycles. The van der Waals surface area contributed by atoms with Gasteiger partial charge in [0.1, 0.15) is 0 Å². The summed E-state index contributed by atoms with van der Waals surface area (Å²) in [5.41, 5.74) is 2.32. The van der Waals surface area contributed by atoms with Crippen molar-refractivity contribution in [1.82, 2.24) is 10.6 Å². The highest BCUT2D eigenvalue weighted by Crippen LogP contribution is 2.27. The maximum atomic E-state index is 11.8. The maximum Gasteiger partial charge on any atom is 0.315 e. The number of methoxy groups -OCH3 is 2. The molecular formula is C21H22N2O4. The molecule has 0 bridgehead atoms. The number of carbonyl (C=O) groups is 2. The van der Waals surface area contributed by atoms with Gasteiger partial charge < -0.3 is 20.1 Å². The molecule has 2 amide bonds. The van der Waals surface area contributed by atoms with Crippen LogP contribution in [0.15, 0.2) is 42.5 Å². The normalized spacial score (nSPS) is 9.59. The predicted molar refractivity (Wildman–Crippen MR) is 103 cm³/mol. The largest absolute Gasteiger partial charge is 0.493 e. The third-order valence-electron chi connectivity index (χ3n) is 3.76. The molecule has 2 rings (SSSR count). The minimum Gasteiger partial charge on any atom is -0.493 e. The molecule has 0 atom stereocenters. The van der Waals surface area contributed by atoms with E-state index >= 15 is 0 Å². The Bertz CT molecular complexity index is 864. The fourth-order valence-electron chi connectivity index (χ4n) is 2.29. The van der Waals surface area contributed by atoms with Crippen molar-refractivity contribution in [2.24, 2.45) is 0 Å². The monoisotopic (exact) mass is 366 g/mol. The molecule has 27 heavy (non-hydrogen) atoms. The third kappa shape index (κ3) is 6.08.